The van der Waals surface area contributed by atoms with E-state index in [1.807, 2.05) is 4.90 Å². The molecule has 6 nitrogen and oxygen atoms in total. The summed E-state index contributed by atoms with van der Waals surface area (Å²) in [7, 11) is 1.30. The quantitative estimate of drug-likeness (QED) is 0.825. The van der Waals surface area contributed by atoms with E-state index in [4.69, 9.17) is 5.11 Å². The molecule has 0 aromatic carbocycles. The number of carboxylic acid groups (broad SMARTS) is 1. The summed E-state index contributed by atoms with van der Waals surface area (Å²) >= 11 is 0. The maximum Gasteiger partial charge on any atom is 0.356 e. The van der Waals surface area contributed by atoms with E-state index in [0.29, 0.717) is 13.0 Å². The van der Waals surface area contributed by atoms with Crippen LogP contribution in [-0.2, 0) is 9.53 Å². The number of pyridine rings is 1. The van der Waals surface area contributed by atoms with Crippen LogP contribution in [0.5, 0.6) is 0 Å². The van der Waals surface area contributed by atoms with Crippen LogP contribution in [0.3, 0.4) is 0 Å². The Morgan fingerprint density at radius 1 is 1.53 bits per heavy atom. The van der Waals surface area contributed by atoms with Crippen LogP contribution in [0, 0.1) is 5.92 Å². The van der Waals surface area contributed by atoms with Gasteiger partial charge in [0, 0.05) is 25.0 Å². The van der Waals surface area contributed by atoms with Gasteiger partial charge in [0.1, 0.15) is 5.69 Å². The van der Waals surface area contributed by atoms with Gasteiger partial charge in [0.25, 0.3) is 0 Å². The normalized spacial score (nSPS) is 19.0. The number of carbonyl (C=O) groups excluding carboxylic acids is 1. The van der Waals surface area contributed by atoms with E-state index in [0.717, 1.165) is 18.7 Å². The van der Waals surface area contributed by atoms with Crippen LogP contribution < -0.4 is 4.90 Å². The molecule has 102 valence electrons. The maximum absolute atomic E-state index is 11.4. The lowest BCUT2D eigenvalue weighted by Crippen LogP contribution is -2.38. The molecule has 2 rings (SSSR count). The summed E-state index contributed by atoms with van der Waals surface area (Å²) in [5, 5.41) is 9.07. The molecule has 1 unspecified atom stereocenters. The summed E-state index contributed by atoms with van der Waals surface area (Å²) in [6, 6.07) is 3.41. The first kappa shape index (κ1) is 13.3. The first-order chi connectivity index (χ1) is 9.11. The fourth-order valence-corrected chi connectivity index (χ4v) is 2.25. The average molecular weight is 264 g/mol. The molecule has 1 fully saturated rings. The van der Waals surface area contributed by atoms with Gasteiger partial charge in [-0.25, -0.2) is 9.78 Å². The van der Waals surface area contributed by atoms with Crippen molar-refractivity contribution < 1.29 is 19.4 Å². The van der Waals surface area contributed by atoms with Crippen molar-refractivity contribution in [3.63, 3.8) is 0 Å². The van der Waals surface area contributed by atoms with Crippen molar-refractivity contribution in [2.75, 3.05) is 25.1 Å². The number of rotatable bonds is 3. The molecule has 1 atom stereocenters. The summed E-state index contributed by atoms with van der Waals surface area (Å²) in [5.41, 5.74) is 1.04. The van der Waals surface area contributed by atoms with Gasteiger partial charge in [-0.15, -0.1) is 0 Å². The molecule has 2 heterocycles. The lowest BCUT2D eigenvalue weighted by Gasteiger charge is -2.32. The Kier molecular flexibility index (Phi) is 3.99. The first-order valence-electron chi connectivity index (χ1n) is 6.14. The van der Waals surface area contributed by atoms with Crippen molar-refractivity contribution in [2.45, 2.75) is 12.8 Å². The van der Waals surface area contributed by atoms with Crippen LogP contribution in [0.25, 0.3) is 0 Å². The Hall–Kier alpha value is -2.11. The second-order valence-electron chi connectivity index (χ2n) is 4.51. The number of anilines is 1. The van der Waals surface area contributed by atoms with Gasteiger partial charge >= 0.3 is 11.9 Å². The van der Waals surface area contributed by atoms with Gasteiger partial charge in [0.15, 0.2) is 0 Å². The standard InChI is InChI=1S/C13H16N2O4/c1-19-13(18)11-7-10(4-5-14-11)15-6-2-3-9(8-15)12(16)17/h4-5,7,9H,2-3,6,8H2,1H3,(H,16,17). The van der Waals surface area contributed by atoms with Crippen molar-refractivity contribution in [3.8, 4) is 0 Å². The highest BCUT2D eigenvalue weighted by Gasteiger charge is 2.25. The topological polar surface area (TPSA) is 79.7 Å². The predicted octanol–water partition coefficient (Wildman–Crippen LogP) is 1.17. The second kappa shape index (κ2) is 5.69. The first-order valence-corrected chi connectivity index (χ1v) is 6.14. The van der Waals surface area contributed by atoms with E-state index in [1.54, 1.807) is 12.1 Å². The van der Waals surface area contributed by atoms with E-state index < -0.39 is 11.9 Å². The predicted molar refractivity (Wildman–Crippen MR) is 68.1 cm³/mol. The van der Waals surface area contributed by atoms with Crippen molar-refractivity contribution >= 4 is 17.6 Å². The minimum absolute atomic E-state index is 0.234. The summed E-state index contributed by atoms with van der Waals surface area (Å²) < 4.78 is 4.62. The van der Waals surface area contributed by atoms with E-state index in [1.165, 1.54) is 13.3 Å². The maximum atomic E-state index is 11.4. The average Bonchev–Trinajstić information content (AvgIpc) is 2.46. The molecule has 0 radical (unpaired) electrons. The SMILES string of the molecule is COC(=O)c1cc(N2CCCC(C(=O)O)C2)ccn1. The Morgan fingerprint density at radius 2 is 2.32 bits per heavy atom. The van der Waals surface area contributed by atoms with E-state index >= 15 is 0 Å². The Bertz CT molecular complexity index is 489. The van der Waals surface area contributed by atoms with Crippen LogP contribution in [-0.4, -0.2) is 42.2 Å². The van der Waals surface area contributed by atoms with Gasteiger partial charge in [-0.1, -0.05) is 0 Å². The number of carbonyl (C=O) groups is 2. The third-order valence-corrected chi connectivity index (χ3v) is 3.27. The zero-order chi connectivity index (χ0) is 13.8. The Labute approximate surface area is 111 Å². The number of aromatic nitrogens is 1. The molecular weight excluding hydrogens is 248 g/mol. The molecule has 1 saturated heterocycles. The number of hydrogen-bond acceptors (Lipinski definition) is 5. The number of carboxylic acids is 1. The number of ether oxygens (including phenoxy) is 1. The molecule has 1 aliphatic heterocycles. The van der Waals surface area contributed by atoms with E-state index in [-0.39, 0.29) is 11.6 Å². The third-order valence-electron chi connectivity index (χ3n) is 3.27. The van der Waals surface area contributed by atoms with Crippen molar-refractivity contribution in [1.82, 2.24) is 4.98 Å². The monoisotopic (exact) mass is 264 g/mol. The number of nitrogens with zero attached hydrogens (tertiary/aromatic N) is 2. The molecule has 6 heteroatoms. The minimum atomic E-state index is -0.771. The summed E-state index contributed by atoms with van der Waals surface area (Å²) in [6.45, 7) is 1.24. The molecule has 1 aromatic heterocycles. The molecule has 0 saturated carbocycles. The minimum Gasteiger partial charge on any atom is -0.481 e. The molecule has 0 bridgehead atoms. The van der Waals surface area contributed by atoms with Crippen LogP contribution in [0.1, 0.15) is 23.3 Å². The Morgan fingerprint density at radius 3 is 3.00 bits per heavy atom. The summed E-state index contributed by atoms with van der Waals surface area (Å²) in [6.07, 6.45) is 3.06. The number of piperidine rings is 1. The smallest absolute Gasteiger partial charge is 0.356 e. The van der Waals surface area contributed by atoms with Crippen molar-refractivity contribution in [1.29, 1.82) is 0 Å². The highest BCUT2D eigenvalue weighted by molar-refractivity contribution is 5.88. The van der Waals surface area contributed by atoms with Gasteiger partial charge in [0.2, 0.25) is 0 Å². The number of aliphatic carboxylic acids is 1. The number of methoxy groups -OCH3 is 1. The lowest BCUT2D eigenvalue weighted by atomic mass is 9.98. The summed E-state index contributed by atoms with van der Waals surface area (Å²) in [5.74, 6) is -1.62. The van der Waals surface area contributed by atoms with Crippen LogP contribution >= 0.6 is 0 Å². The zero-order valence-corrected chi connectivity index (χ0v) is 10.7. The highest BCUT2D eigenvalue weighted by Crippen LogP contribution is 2.23. The van der Waals surface area contributed by atoms with Gasteiger partial charge in [0.05, 0.1) is 13.0 Å². The fourth-order valence-electron chi connectivity index (χ4n) is 2.25. The van der Waals surface area contributed by atoms with Crippen molar-refractivity contribution in [3.05, 3.63) is 24.0 Å². The van der Waals surface area contributed by atoms with Gasteiger partial charge in [-0.2, -0.15) is 0 Å². The van der Waals surface area contributed by atoms with Gasteiger partial charge < -0.3 is 14.7 Å². The van der Waals surface area contributed by atoms with Crippen molar-refractivity contribution in [2.24, 2.45) is 5.92 Å². The largest absolute Gasteiger partial charge is 0.481 e. The van der Waals surface area contributed by atoms with Gasteiger partial charge in [-0.05, 0) is 25.0 Å². The molecule has 1 aliphatic rings. The third kappa shape index (κ3) is 3.01. The number of esters is 1. The van der Waals surface area contributed by atoms with Crippen LogP contribution in [0.15, 0.2) is 18.3 Å². The molecule has 0 aliphatic carbocycles. The van der Waals surface area contributed by atoms with Gasteiger partial charge in [-0.3, -0.25) is 4.79 Å². The molecular formula is C13H16N2O4. The van der Waals surface area contributed by atoms with E-state index in [2.05, 4.69) is 9.72 Å². The highest BCUT2D eigenvalue weighted by atomic mass is 16.5. The Balaban J connectivity index is 2.17. The zero-order valence-electron chi connectivity index (χ0n) is 10.7. The molecule has 19 heavy (non-hydrogen) atoms. The van der Waals surface area contributed by atoms with Crippen LogP contribution in [0.4, 0.5) is 5.69 Å². The molecule has 0 spiro atoms. The fraction of sp³-hybridized carbons (Fsp3) is 0.462. The number of hydrogen-bond donors (Lipinski definition) is 1. The molecule has 1 aromatic rings. The lowest BCUT2D eigenvalue weighted by molar-refractivity contribution is -0.141. The molecule has 0 amide bonds. The van der Waals surface area contributed by atoms with E-state index in [9.17, 15) is 9.59 Å². The van der Waals surface area contributed by atoms with Crippen LogP contribution in [0.2, 0.25) is 0 Å². The summed E-state index contributed by atoms with van der Waals surface area (Å²) in [4.78, 5) is 28.4. The molecule has 1 N–H and O–H groups in total. The second-order valence-corrected chi connectivity index (χ2v) is 4.51.